The quantitative estimate of drug-likeness (QED) is 0.858. The van der Waals surface area contributed by atoms with Crippen LogP contribution >= 0.6 is 12.4 Å². The molecular formula is C16H20ClN3O2. The molecule has 0 aliphatic heterocycles. The second-order valence-electron chi connectivity index (χ2n) is 5.41. The van der Waals surface area contributed by atoms with E-state index in [1.54, 1.807) is 18.2 Å². The number of nitrogens with one attached hydrogen (secondary N) is 1. The topological polar surface area (TPSA) is 66.1 Å². The average Bonchev–Trinajstić information content (AvgIpc) is 2.47. The highest BCUT2D eigenvalue weighted by atomic mass is 35.5. The summed E-state index contributed by atoms with van der Waals surface area (Å²) in [6.07, 6.45) is 0. The number of nitrogens with zero attached hydrogens (tertiary/aromatic N) is 2. The molecular weight excluding hydrogens is 302 g/mol. The number of hydrogen-bond donors (Lipinski definition) is 1. The molecule has 0 aliphatic rings. The van der Waals surface area contributed by atoms with Crippen molar-refractivity contribution in [1.29, 1.82) is 0 Å². The molecule has 0 aliphatic carbocycles. The number of carbonyl (C=O) groups is 1. The van der Waals surface area contributed by atoms with E-state index in [4.69, 9.17) is 0 Å². The van der Waals surface area contributed by atoms with Crippen LogP contribution in [0.1, 0.15) is 17.3 Å². The van der Waals surface area contributed by atoms with E-state index in [1.807, 2.05) is 38.1 Å². The minimum Gasteiger partial charge on any atom is -0.309 e. The number of benzene rings is 1. The Labute approximate surface area is 135 Å². The lowest BCUT2D eigenvalue weighted by Crippen LogP contribution is -2.25. The number of halogens is 1. The fraction of sp³-hybridized carbons (Fsp3) is 0.312. The molecule has 0 amide bonds. The smallest absolute Gasteiger partial charge is 0.264 e. The summed E-state index contributed by atoms with van der Waals surface area (Å²) in [5.74, 6) is 0.0849. The third-order valence-electron chi connectivity index (χ3n) is 3.23. The molecule has 0 saturated carbocycles. The number of carbonyl (C=O) groups excluding carboxylic acids is 1. The van der Waals surface area contributed by atoms with Gasteiger partial charge in [0.25, 0.3) is 5.56 Å². The second kappa shape index (κ2) is 7.87. The van der Waals surface area contributed by atoms with Crippen LogP contribution in [0.3, 0.4) is 0 Å². The highest BCUT2D eigenvalue weighted by molar-refractivity contribution is 5.98. The van der Waals surface area contributed by atoms with Crippen LogP contribution in [0.4, 0.5) is 0 Å². The van der Waals surface area contributed by atoms with Gasteiger partial charge in [0.2, 0.25) is 0 Å². The van der Waals surface area contributed by atoms with E-state index in [1.165, 1.54) is 6.07 Å². The predicted molar refractivity (Wildman–Crippen MR) is 89.6 cm³/mol. The molecule has 1 aromatic heterocycles. The molecule has 1 unspecified atom stereocenters. The first-order valence-corrected chi connectivity index (χ1v) is 6.82. The minimum atomic E-state index is -0.233. The summed E-state index contributed by atoms with van der Waals surface area (Å²) in [6.45, 7) is 2.65. The molecule has 0 spiro atoms. The maximum atomic E-state index is 12.3. The van der Waals surface area contributed by atoms with Crippen LogP contribution in [0, 0.1) is 5.92 Å². The highest BCUT2D eigenvalue weighted by Crippen LogP contribution is 2.17. The van der Waals surface area contributed by atoms with E-state index in [-0.39, 0.29) is 29.7 Å². The third kappa shape index (κ3) is 4.51. The molecule has 0 radical (unpaired) electrons. The first kappa shape index (κ1) is 18.1. The highest BCUT2D eigenvalue weighted by Gasteiger charge is 2.15. The Morgan fingerprint density at radius 1 is 1.18 bits per heavy atom. The van der Waals surface area contributed by atoms with Crippen molar-refractivity contribution in [3.63, 3.8) is 0 Å². The number of hydrogen-bond acceptors (Lipinski definition) is 4. The average molecular weight is 322 g/mol. The van der Waals surface area contributed by atoms with Crippen LogP contribution in [0.15, 0.2) is 41.2 Å². The SMILES string of the molecule is CC(CN(C)C)C(=O)c1ccc(-c2ccc(=O)[nH]n2)cc1.Cl. The lowest BCUT2D eigenvalue weighted by molar-refractivity contribution is 0.0910. The zero-order chi connectivity index (χ0) is 15.4. The molecule has 0 saturated heterocycles. The zero-order valence-electron chi connectivity index (χ0n) is 12.9. The fourth-order valence-electron chi connectivity index (χ4n) is 2.23. The number of ketones is 1. The number of Topliss-reactive ketones (excluding diaryl/α,β-unsaturated/α-hetero) is 1. The summed E-state index contributed by atoms with van der Waals surface area (Å²) in [4.78, 5) is 25.3. The molecule has 118 valence electrons. The lowest BCUT2D eigenvalue weighted by atomic mass is 9.97. The van der Waals surface area contributed by atoms with Crippen molar-refractivity contribution in [2.75, 3.05) is 20.6 Å². The van der Waals surface area contributed by atoms with Crippen molar-refractivity contribution >= 4 is 18.2 Å². The molecule has 1 aromatic carbocycles. The molecule has 0 bridgehead atoms. The first-order valence-electron chi connectivity index (χ1n) is 6.82. The first-order chi connectivity index (χ1) is 9.97. The summed E-state index contributed by atoms with van der Waals surface area (Å²) in [7, 11) is 3.91. The number of rotatable bonds is 5. The van der Waals surface area contributed by atoms with Gasteiger partial charge in [-0.1, -0.05) is 31.2 Å². The Kier molecular flexibility index (Phi) is 6.46. The normalized spacial score (nSPS) is 11.8. The Balaban J connectivity index is 0.00000242. The van der Waals surface area contributed by atoms with Crippen LogP contribution in [0.5, 0.6) is 0 Å². The van der Waals surface area contributed by atoms with Gasteiger partial charge in [0, 0.05) is 29.7 Å². The summed E-state index contributed by atoms with van der Waals surface area (Å²) in [5.41, 5.74) is 2.00. The van der Waals surface area contributed by atoms with Crippen molar-refractivity contribution < 1.29 is 4.79 Å². The Hall–Kier alpha value is -1.98. The van der Waals surface area contributed by atoms with Crippen LogP contribution in [-0.4, -0.2) is 41.5 Å². The molecule has 22 heavy (non-hydrogen) atoms. The maximum absolute atomic E-state index is 12.3. The van der Waals surface area contributed by atoms with Gasteiger partial charge in [0.15, 0.2) is 5.78 Å². The number of aromatic nitrogens is 2. The van der Waals surface area contributed by atoms with E-state index >= 15 is 0 Å². The van der Waals surface area contributed by atoms with E-state index in [9.17, 15) is 9.59 Å². The second-order valence-corrected chi connectivity index (χ2v) is 5.41. The van der Waals surface area contributed by atoms with Gasteiger partial charge in [-0.2, -0.15) is 5.10 Å². The van der Waals surface area contributed by atoms with Gasteiger partial charge in [-0.05, 0) is 20.2 Å². The fourth-order valence-corrected chi connectivity index (χ4v) is 2.23. The van der Waals surface area contributed by atoms with E-state index in [0.29, 0.717) is 11.3 Å². The van der Waals surface area contributed by atoms with Crippen LogP contribution in [0.2, 0.25) is 0 Å². The molecule has 0 fully saturated rings. The summed E-state index contributed by atoms with van der Waals surface area (Å²) in [5, 5.41) is 6.37. The molecule has 1 heterocycles. The van der Waals surface area contributed by atoms with Gasteiger partial charge in [-0.25, -0.2) is 5.10 Å². The van der Waals surface area contributed by atoms with Crippen LogP contribution in [-0.2, 0) is 0 Å². The van der Waals surface area contributed by atoms with E-state index < -0.39 is 0 Å². The summed E-state index contributed by atoms with van der Waals surface area (Å²) < 4.78 is 0. The molecule has 6 heteroatoms. The number of H-pyrrole nitrogens is 1. The molecule has 5 nitrogen and oxygen atoms in total. The molecule has 1 N–H and O–H groups in total. The minimum absolute atomic E-state index is 0. The summed E-state index contributed by atoms with van der Waals surface area (Å²) in [6, 6.07) is 10.4. The summed E-state index contributed by atoms with van der Waals surface area (Å²) >= 11 is 0. The van der Waals surface area contributed by atoms with Crippen LogP contribution in [0.25, 0.3) is 11.3 Å². The number of aromatic amines is 1. The van der Waals surface area contributed by atoms with Gasteiger partial charge in [-0.3, -0.25) is 9.59 Å². The van der Waals surface area contributed by atoms with Gasteiger partial charge in [-0.15, -0.1) is 12.4 Å². The molecule has 2 rings (SSSR count). The molecule has 2 aromatic rings. The Bertz CT molecular complexity index is 660. The Morgan fingerprint density at radius 3 is 2.32 bits per heavy atom. The van der Waals surface area contributed by atoms with Crippen molar-refractivity contribution in [2.45, 2.75) is 6.92 Å². The van der Waals surface area contributed by atoms with Gasteiger partial charge >= 0.3 is 0 Å². The van der Waals surface area contributed by atoms with E-state index in [0.717, 1.165) is 12.1 Å². The largest absolute Gasteiger partial charge is 0.309 e. The van der Waals surface area contributed by atoms with E-state index in [2.05, 4.69) is 10.2 Å². The maximum Gasteiger partial charge on any atom is 0.264 e. The molecule has 1 atom stereocenters. The lowest BCUT2D eigenvalue weighted by Gasteiger charge is -2.15. The van der Waals surface area contributed by atoms with Crippen molar-refractivity contribution in [3.05, 3.63) is 52.3 Å². The Morgan fingerprint density at radius 2 is 1.82 bits per heavy atom. The monoisotopic (exact) mass is 321 g/mol. The third-order valence-corrected chi connectivity index (χ3v) is 3.23. The zero-order valence-corrected chi connectivity index (χ0v) is 13.7. The van der Waals surface area contributed by atoms with Gasteiger partial charge < -0.3 is 4.90 Å². The van der Waals surface area contributed by atoms with Gasteiger partial charge in [0.1, 0.15) is 0 Å². The van der Waals surface area contributed by atoms with Crippen molar-refractivity contribution in [2.24, 2.45) is 5.92 Å². The van der Waals surface area contributed by atoms with Gasteiger partial charge in [0.05, 0.1) is 5.69 Å². The standard InChI is InChI=1S/C16H19N3O2.ClH/c1-11(10-19(2)3)16(21)13-6-4-12(5-7-13)14-8-9-15(20)18-17-14;/h4-9,11H,10H2,1-3H3,(H,18,20);1H. The van der Waals surface area contributed by atoms with Crippen molar-refractivity contribution in [3.8, 4) is 11.3 Å². The van der Waals surface area contributed by atoms with Crippen molar-refractivity contribution in [1.82, 2.24) is 15.1 Å². The van der Waals surface area contributed by atoms with Crippen LogP contribution < -0.4 is 5.56 Å². The predicted octanol–water partition coefficient (Wildman–Crippen LogP) is 2.24.